The number of anilines is 1. The Labute approximate surface area is 120 Å². The van der Waals surface area contributed by atoms with Crippen molar-refractivity contribution in [2.45, 2.75) is 39.0 Å². The van der Waals surface area contributed by atoms with E-state index in [4.69, 9.17) is 11.6 Å². The van der Waals surface area contributed by atoms with Crippen LogP contribution in [0.3, 0.4) is 0 Å². The molecule has 2 nitrogen and oxygen atoms in total. The SMILES string of the molecule is CC(C)C(C)C(Cl)c1ccc2c(c1)CCC(=O)N2C. The van der Waals surface area contributed by atoms with Gasteiger partial charge in [0.25, 0.3) is 0 Å². The Morgan fingerprint density at radius 2 is 1.89 bits per heavy atom. The first-order chi connectivity index (χ1) is 8.91. The molecule has 1 heterocycles. The topological polar surface area (TPSA) is 20.3 Å². The third kappa shape index (κ3) is 2.79. The maximum Gasteiger partial charge on any atom is 0.227 e. The Morgan fingerprint density at radius 1 is 1.21 bits per heavy atom. The van der Waals surface area contributed by atoms with Crippen molar-refractivity contribution in [3.63, 3.8) is 0 Å². The van der Waals surface area contributed by atoms with Crippen molar-refractivity contribution in [3.8, 4) is 0 Å². The minimum atomic E-state index is 0.0354. The zero-order valence-electron chi connectivity index (χ0n) is 12.1. The molecule has 1 aromatic carbocycles. The zero-order chi connectivity index (χ0) is 14.2. The van der Waals surface area contributed by atoms with Gasteiger partial charge >= 0.3 is 0 Å². The van der Waals surface area contributed by atoms with Gasteiger partial charge in [-0.05, 0) is 35.4 Å². The lowest BCUT2D eigenvalue weighted by atomic mass is 9.88. The number of hydrogen-bond donors (Lipinski definition) is 0. The molecule has 3 heteroatoms. The lowest BCUT2D eigenvalue weighted by molar-refractivity contribution is -0.118. The molecule has 0 aromatic heterocycles. The summed E-state index contributed by atoms with van der Waals surface area (Å²) in [5.41, 5.74) is 3.44. The van der Waals surface area contributed by atoms with E-state index in [1.807, 2.05) is 13.1 Å². The highest BCUT2D eigenvalue weighted by Crippen LogP contribution is 2.36. The first-order valence-corrected chi connectivity index (χ1v) is 7.39. The van der Waals surface area contributed by atoms with Crippen LogP contribution in [0.15, 0.2) is 18.2 Å². The summed E-state index contributed by atoms with van der Waals surface area (Å²) in [6.45, 7) is 6.59. The minimum Gasteiger partial charge on any atom is -0.315 e. The Balaban J connectivity index is 2.29. The van der Waals surface area contributed by atoms with Crippen molar-refractivity contribution in [2.24, 2.45) is 11.8 Å². The van der Waals surface area contributed by atoms with E-state index in [1.165, 1.54) is 11.1 Å². The van der Waals surface area contributed by atoms with Gasteiger partial charge in [0.1, 0.15) is 0 Å². The summed E-state index contributed by atoms with van der Waals surface area (Å²) >= 11 is 6.58. The lowest BCUT2D eigenvalue weighted by Gasteiger charge is -2.28. The normalized spacial score (nSPS) is 18.4. The van der Waals surface area contributed by atoms with E-state index in [0.29, 0.717) is 18.3 Å². The standard InChI is InChI=1S/C16H22ClNO/c1-10(2)11(3)16(17)13-5-7-14-12(9-13)6-8-15(19)18(14)4/h5,7,9-11,16H,6,8H2,1-4H3. The summed E-state index contributed by atoms with van der Waals surface area (Å²) in [6, 6.07) is 6.27. The van der Waals surface area contributed by atoms with Crippen LogP contribution in [0.2, 0.25) is 0 Å². The monoisotopic (exact) mass is 279 g/mol. The molecule has 1 aliphatic heterocycles. The molecule has 1 aliphatic rings. The molecule has 0 N–H and O–H groups in total. The second-order valence-corrected chi connectivity index (χ2v) is 6.32. The van der Waals surface area contributed by atoms with E-state index in [2.05, 4.69) is 32.9 Å². The van der Waals surface area contributed by atoms with Gasteiger partial charge in [-0.1, -0.05) is 32.9 Å². The van der Waals surface area contributed by atoms with Crippen LogP contribution in [0.4, 0.5) is 5.69 Å². The van der Waals surface area contributed by atoms with Crippen molar-refractivity contribution in [3.05, 3.63) is 29.3 Å². The van der Waals surface area contributed by atoms with E-state index in [1.54, 1.807) is 4.90 Å². The third-order valence-electron chi connectivity index (χ3n) is 4.28. The molecular formula is C16H22ClNO. The Bertz CT molecular complexity index is 484. The summed E-state index contributed by atoms with van der Waals surface area (Å²) in [5, 5.41) is 0.0354. The minimum absolute atomic E-state index is 0.0354. The molecule has 0 radical (unpaired) electrons. The van der Waals surface area contributed by atoms with Crippen LogP contribution in [0, 0.1) is 11.8 Å². The van der Waals surface area contributed by atoms with Crippen LogP contribution in [-0.4, -0.2) is 13.0 Å². The Kier molecular flexibility index (Phi) is 4.19. The van der Waals surface area contributed by atoms with Crippen LogP contribution in [0.5, 0.6) is 0 Å². The number of carbonyl (C=O) groups is 1. The molecule has 2 rings (SSSR count). The quantitative estimate of drug-likeness (QED) is 0.761. The number of fused-ring (bicyclic) bond motifs is 1. The van der Waals surface area contributed by atoms with Crippen LogP contribution in [-0.2, 0) is 11.2 Å². The highest BCUT2D eigenvalue weighted by molar-refractivity contribution is 6.21. The zero-order valence-corrected chi connectivity index (χ0v) is 12.9. The van der Waals surface area contributed by atoms with E-state index >= 15 is 0 Å². The van der Waals surface area contributed by atoms with Gasteiger partial charge < -0.3 is 4.90 Å². The second kappa shape index (κ2) is 5.54. The molecule has 0 fully saturated rings. The second-order valence-electron chi connectivity index (χ2n) is 5.85. The van der Waals surface area contributed by atoms with Crippen LogP contribution < -0.4 is 4.90 Å². The molecule has 19 heavy (non-hydrogen) atoms. The van der Waals surface area contributed by atoms with Gasteiger partial charge in [-0.3, -0.25) is 4.79 Å². The van der Waals surface area contributed by atoms with Crippen molar-refractivity contribution < 1.29 is 4.79 Å². The van der Waals surface area contributed by atoms with Gasteiger partial charge in [0.15, 0.2) is 0 Å². The smallest absolute Gasteiger partial charge is 0.227 e. The van der Waals surface area contributed by atoms with Gasteiger partial charge in [-0.15, -0.1) is 11.6 Å². The van der Waals surface area contributed by atoms with Gasteiger partial charge in [-0.2, -0.15) is 0 Å². The summed E-state index contributed by atoms with van der Waals surface area (Å²) in [5.74, 6) is 1.18. The molecule has 0 aliphatic carbocycles. The molecule has 104 valence electrons. The largest absolute Gasteiger partial charge is 0.315 e. The molecule has 2 atom stereocenters. The van der Waals surface area contributed by atoms with Crippen LogP contribution in [0.25, 0.3) is 0 Å². The fraction of sp³-hybridized carbons (Fsp3) is 0.562. The van der Waals surface area contributed by atoms with Crippen LogP contribution in [0.1, 0.15) is 43.7 Å². The predicted octanol–water partition coefficient (Wildman–Crippen LogP) is 4.17. The molecule has 2 unspecified atom stereocenters. The number of nitrogens with zero attached hydrogens (tertiary/aromatic N) is 1. The maximum absolute atomic E-state index is 11.7. The van der Waals surface area contributed by atoms with Crippen molar-refractivity contribution in [1.82, 2.24) is 0 Å². The van der Waals surface area contributed by atoms with E-state index < -0.39 is 0 Å². The van der Waals surface area contributed by atoms with Crippen molar-refractivity contribution in [1.29, 1.82) is 0 Å². The van der Waals surface area contributed by atoms with Gasteiger partial charge in [0.05, 0.1) is 5.38 Å². The van der Waals surface area contributed by atoms with E-state index in [9.17, 15) is 4.79 Å². The average molecular weight is 280 g/mol. The van der Waals surface area contributed by atoms with Gasteiger partial charge in [-0.25, -0.2) is 0 Å². The fourth-order valence-corrected chi connectivity index (χ4v) is 2.92. The summed E-state index contributed by atoms with van der Waals surface area (Å²) in [4.78, 5) is 13.4. The van der Waals surface area contributed by atoms with Gasteiger partial charge in [0, 0.05) is 19.2 Å². The molecule has 1 amide bonds. The summed E-state index contributed by atoms with van der Waals surface area (Å²) in [7, 11) is 1.84. The first-order valence-electron chi connectivity index (χ1n) is 6.95. The van der Waals surface area contributed by atoms with Crippen molar-refractivity contribution in [2.75, 3.05) is 11.9 Å². The number of benzene rings is 1. The van der Waals surface area contributed by atoms with E-state index in [0.717, 1.165) is 12.1 Å². The highest BCUT2D eigenvalue weighted by Gasteiger charge is 2.24. The Morgan fingerprint density at radius 3 is 2.53 bits per heavy atom. The van der Waals surface area contributed by atoms with Gasteiger partial charge in [0.2, 0.25) is 5.91 Å². The molecule has 0 spiro atoms. The number of rotatable bonds is 3. The number of carbonyl (C=O) groups excluding carboxylic acids is 1. The maximum atomic E-state index is 11.7. The summed E-state index contributed by atoms with van der Waals surface area (Å²) < 4.78 is 0. The number of halogens is 1. The Hall–Kier alpha value is -1.02. The number of amides is 1. The number of hydrogen-bond acceptors (Lipinski definition) is 1. The van der Waals surface area contributed by atoms with Crippen LogP contribution >= 0.6 is 11.6 Å². The highest BCUT2D eigenvalue weighted by atomic mass is 35.5. The first kappa shape index (κ1) is 14.4. The fourth-order valence-electron chi connectivity index (χ4n) is 2.49. The molecule has 1 aromatic rings. The summed E-state index contributed by atoms with van der Waals surface area (Å²) in [6.07, 6.45) is 1.42. The molecule has 0 saturated heterocycles. The lowest BCUT2D eigenvalue weighted by Crippen LogP contribution is -2.31. The average Bonchev–Trinajstić information content (AvgIpc) is 2.40. The third-order valence-corrected chi connectivity index (χ3v) is 4.93. The number of alkyl halides is 1. The molecule has 0 saturated carbocycles. The molecule has 0 bridgehead atoms. The predicted molar refractivity (Wildman–Crippen MR) is 80.8 cm³/mol. The van der Waals surface area contributed by atoms with Crippen molar-refractivity contribution >= 4 is 23.2 Å². The van der Waals surface area contributed by atoms with E-state index in [-0.39, 0.29) is 11.3 Å². The number of aryl methyl sites for hydroxylation is 1. The molecular weight excluding hydrogens is 258 g/mol.